The summed E-state index contributed by atoms with van der Waals surface area (Å²) in [5.41, 5.74) is 5.45. The highest BCUT2D eigenvalue weighted by Crippen LogP contribution is 2.48. The van der Waals surface area contributed by atoms with Crippen molar-refractivity contribution in [3.05, 3.63) is 65.5 Å². The van der Waals surface area contributed by atoms with E-state index in [2.05, 4.69) is 72.7 Å². The molecule has 0 bridgehead atoms. The predicted molar refractivity (Wildman–Crippen MR) is 108 cm³/mol. The Labute approximate surface area is 156 Å². The van der Waals surface area contributed by atoms with Crippen LogP contribution >= 0.6 is 0 Å². The first kappa shape index (κ1) is 17.3. The summed E-state index contributed by atoms with van der Waals surface area (Å²) in [4.78, 5) is 8.37. The molecule has 3 nitrogen and oxygen atoms in total. The number of H-pyrrole nitrogens is 1. The fourth-order valence-corrected chi connectivity index (χ4v) is 3.67. The minimum atomic E-state index is 0.516. The van der Waals surface area contributed by atoms with E-state index in [4.69, 9.17) is 4.98 Å². The van der Waals surface area contributed by atoms with E-state index in [1.54, 1.807) is 0 Å². The fourth-order valence-electron chi connectivity index (χ4n) is 3.67. The number of aromatic amines is 1. The zero-order chi connectivity index (χ0) is 18.0. The number of nitrogens with one attached hydrogen (secondary N) is 2. The molecule has 0 atom stereocenters. The van der Waals surface area contributed by atoms with Crippen LogP contribution in [0.5, 0.6) is 0 Å². The number of benzene rings is 2. The van der Waals surface area contributed by atoms with Crippen LogP contribution < -0.4 is 5.32 Å². The molecule has 3 heteroatoms. The van der Waals surface area contributed by atoms with Gasteiger partial charge >= 0.3 is 0 Å². The van der Waals surface area contributed by atoms with Crippen molar-refractivity contribution in [2.75, 3.05) is 6.54 Å². The molecule has 2 N–H and O–H groups in total. The monoisotopic (exact) mass is 347 g/mol. The summed E-state index contributed by atoms with van der Waals surface area (Å²) < 4.78 is 0. The van der Waals surface area contributed by atoms with Gasteiger partial charge in [0.1, 0.15) is 5.82 Å². The van der Waals surface area contributed by atoms with Gasteiger partial charge in [-0.1, -0.05) is 50.2 Å². The molecule has 0 saturated heterocycles. The lowest BCUT2D eigenvalue weighted by Gasteiger charge is -2.17. The SMILES string of the molecule is CC(C)NCC1(CCc2nc3ccc(Cc4ccccc4)cc3[nH]2)CC1. The van der Waals surface area contributed by atoms with Gasteiger partial charge in [0.25, 0.3) is 0 Å². The Morgan fingerprint density at radius 1 is 1.08 bits per heavy atom. The van der Waals surface area contributed by atoms with Crippen molar-refractivity contribution < 1.29 is 0 Å². The quantitative estimate of drug-likeness (QED) is 0.611. The first-order valence-electron chi connectivity index (χ1n) is 9.87. The molecule has 0 radical (unpaired) electrons. The highest BCUT2D eigenvalue weighted by atomic mass is 14.9. The van der Waals surface area contributed by atoms with E-state index < -0.39 is 0 Å². The minimum Gasteiger partial charge on any atom is -0.342 e. The number of fused-ring (bicyclic) bond motifs is 1. The Morgan fingerprint density at radius 2 is 1.88 bits per heavy atom. The van der Waals surface area contributed by atoms with Crippen LogP contribution in [0.2, 0.25) is 0 Å². The number of rotatable bonds is 8. The first-order valence-corrected chi connectivity index (χ1v) is 9.87. The van der Waals surface area contributed by atoms with Gasteiger partial charge < -0.3 is 10.3 Å². The van der Waals surface area contributed by atoms with Crippen LogP contribution in [0.25, 0.3) is 11.0 Å². The Hall–Kier alpha value is -2.13. The average molecular weight is 348 g/mol. The van der Waals surface area contributed by atoms with Gasteiger partial charge in [0.15, 0.2) is 0 Å². The Balaban J connectivity index is 1.41. The standard InChI is InChI=1S/C23H29N3/c1-17(2)24-16-23(12-13-23)11-10-22-25-20-9-8-19(15-21(20)26-22)14-18-6-4-3-5-7-18/h3-9,15,17,24H,10-14,16H2,1-2H3,(H,25,26). The summed E-state index contributed by atoms with van der Waals surface area (Å²) in [7, 11) is 0. The molecule has 0 unspecified atom stereocenters. The molecule has 4 rings (SSSR count). The van der Waals surface area contributed by atoms with Gasteiger partial charge in [0, 0.05) is 19.0 Å². The van der Waals surface area contributed by atoms with E-state index in [-0.39, 0.29) is 0 Å². The second-order valence-corrected chi connectivity index (χ2v) is 8.23. The third-order valence-corrected chi connectivity index (χ3v) is 5.58. The van der Waals surface area contributed by atoms with E-state index in [1.807, 2.05) is 0 Å². The normalized spacial score (nSPS) is 15.7. The van der Waals surface area contributed by atoms with Crippen molar-refractivity contribution in [1.29, 1.82) is 0 Å². The van der Waals surface area contributed by atoms with Crippen molar-refractivity contribution >= 4 is 11.0 Å². The molecule has 136 valence electrons. The molecule has 0 amide bonds. The maximum atomic E-state index is 4.81. The molecular weight excluding hydrogens is 318 g/mol. The highest BCUT2D eigenvalue weighted by Gasteiger charge is 2.41. The van der Waals surface area contributed by atoms with E-state index in [1.165, 1.54) is 35.9 Å². The molecule has 2 aromatic carbocycles. The summed E-state index contributed by atoms with van der Waals surface area (Å²) in [6, 6.07) is 17.8. The van der Waals surface area contributed by atoms with Crippen molar-refractivity contribution in [3.63, 3.8) is 0 Å². The molecule has 1 aliphatic carbocycles. The molecule has 1 heterocycles. The van der Waals surface area contributed by atoms with Crippen LogP contribution in [-0.2, 0) is 12.8 Å². The van der Waals surface area contributed by atoms with Crippen LogP contribution in [0.15, 0.2) is 48.5 Å². The van der Waals surface area contributed by atoms with Gasteiger partial charge in [-0.3, -0.25) is 0 Å². The number of hydrogen-bond donors (Lipinski definition) is 2. The maximum absolute atomic E-state index is 4.81. The van der Waals surface area contributed by atoms with Crippen molar-refractivity contribution in [3.8, 4) is 0 Å². The molecule has 1 fully saturated rings. The van der Waals surface area contributed by atoms with Crippen LogP contribution in [0.4, 0.5) is 0 Å². The molecule has 1 aliphatic rings. The number of aromatic nitrogens is 2. The molecule has 26 heavy (non-hydrogen) atoms. The zero-order valence-corrected chi connectivity index (χ0v) is 15.9. The van der Waals surface area contributed by atoms with Crippen molar-refractivity contribution in [2.45, 2.75) is 52.0 Å². The Kier molecular flexibility index (Phi) is 4.82. The number of imidazole rings is 1. The second-order valence-electron chi connectivity index (χ2n) is 8.23. The lowest BCUT2D eigenvalue weighted by Crippen LogP contribution is -2.30. The van der Waals surface area contributed by atoms with Crippen LogP contribution in [0.3, 0.4) is 0 Å². The third kappa shape index (κ3) is 4.16. The van der Waals surface area contributed by atoms with Gasteiger partial charge in [0.2, 0.25) is 0 Å². The van der Waals surface area contributed by atoms with Gasteiger partial charge in [-0.15, -0.1) is 0 Å². The fraction of sp³-hybridized carbons (Fsp3) is 0.435. The summed E-state index contributed by atoms with van der Waals surface area (Å²) in [5, 5.41) is 3.61. The number of aryl methyl sites for hydroxylation is 1. The molecule has 1 aromatic heterocycles. The van der Waals surface area contributed by atoms with Gasteiger partial charge in [0.05, 0.1) is 11.0 Å². The Morgan fingerprint density at radius 3 is 2.62 bits per heavy atom. The summed E-state index contributed by atoms with van der Waals surface area (Å²) in [5.74, 6) is 1.13. The van der Waals surface area contributed by atoms with E-state index >= 15 is 0 Å². The maximum Gasteiger partial charge on any atom is 0.107 e. The van der Waals surface area contributed by atoms with Gasteiger partial charge in [-0.25, -0.2) is 4.98 Å². The van der Waals surface area contributed by atoms with Crippen molar-refractivity contribution in [2.24, 2.45) is 5.41 Å². The minimum absolute atomic E-state index is 0.516. The van der Waals surface area contributed by atoms with Crippen molar-refractivity contribution in [1.82, 2.24) is 15.3 Å². The zero-order valence-electron chi connectivity index (χ0n) is 15.9. The topological polar surface area (TPSA) is 40.7 Å². The smallest absolute Gasteiger partial charge is 0.107 e. The molecule has 3 aromatic rings. The Bertz CT molecular complexity index is 860. The highest BCUT2D eigenvalue weighted by molar-refractivity contribution is 5.76. The molecule has 0 aliphatic heterocycles. The van der Waals surface area contributed by atoms with E-state index in [0.717, 1.165) is 30.7 Å². The van der Waals surface area contributed by atoms with E-state index in [9.17, 15) is 0 Å². The summed E-state index contributed by atoms with van der Waals surface area (Å²) in [6.07, 6.45) is 5.95. The molecule has 1 saturated carbocycles. The van der Waals surface area contributed by atoms with E-state index in [0.29, 0.717) is 11.5 Å². The number of nitrogens with zero attached hydrogens (tertiary/aromatic N) is 1. The lowest BCUT2D eigenvalue weighted by atomic mass is 9.99. The average Bonchev–Trinajstić information content (AvgIpc) is 3.30. The van der Waals surface area contributed by atoms with Crippen LogP contribution in [0.1, 0.15) is 50.1 Å². The van der Waals surface area contributed by atoms with Gasteiger partial charge in [-0.2, -0.15) is 0 Å². The third-order valence-electron chi connectivity index (χ3n) is 5.58. The summed E-state index contributed by atoms with van der Waals surface area (Å²) >= 11 is 0. The van der Waals surface area contributed by atoms with Crippen LogP contribution in [0, 0.1) is 5.41 Å². The molecular formula is C23H29N3. The number of hydrogen-bond acceptors (Lipinski definition) is 2. The largest absolute Gasteiger partial charge is 0.342 e. The first-order chi connectivity index (χ1) is 12.6. The predicted octanol–water partition coefficient (Wildman–Crippen LogP) is 4.86. The second kappa shape index (κ2) is 7.24. The summed E-state index contributed by atoms with van der Waals surface area (Å²) in [6.45, 7) is 5.59. The van der Waals surface area contributed by atoms with Gasteiger partial charge in [-0.05, 0) is 54.4 Å². The molecule has 0 spiro atoms. The van der Waals surface area contributed by atoms with Crippen LogP contribution in [-0.4, -0.2) is 22.6 Å². The lowest BCUT2D eigenvalue weighted by molar-refractivity contribution is 0.403.